The average molecular weight is 480 g/mol. The maximum atomic E-state index is 13.3. The Morgan fingerprint density at radius 2 is 1.47 bits per heavy atom. The minimum Gasteiger partial charge on any atom is -0.545 e. The number of carboxylic acids is 1. The Hall–Kier alpha value is -5.38. The van der Waals surface area contributed by atoms with Gasteiger partial charge in [-0.2, -0.15) is 0 Å². The van der Waals surface area contributed by atoms with Crippen LogP contribution in [0.3, 0.4) is 0 Å². The van der Waals surface area contributed by atoms with E-state index >= 15 is 0 Å². The summed E-state index contributed by atoms with van der Waals surface area (Å²) in [6.07, 6.45) is 0. The van der Waals surface area contributed by atoms with Crippen LogP contribution in [0.5, 0.6) is 0 Å². The number of para-hydroxylation sites is 1. The quantitative estimate of drug-likeness (QED) is 0.262. The van der Waals surface area contributed by atoms with Gasteiger partial charge >= 0.3 is 0 Å². The van der Waals surface area contributed by atoms with Crippen molar-refractivity contribution >= 4 is 51.5 Å². The number of nitro benzene ring substituents is 1. The highest BCUT2D eigenvalue weighted by molar-refractivity contribution is 6.36. The molecule has 0 aromatic heterocycles. The second-order valence-corrected chi connectivity index (χ2v) is 7.90. The number of nitro groups is 1. The molecule has 36 heavy (non-hydrogen) atoms. The van der Waals surface area contributed by atoms with E-state index in [9.17, 15) is 34.4 Å². The summed E-state index contributed by atoms with van der Waals surface area (Å²) in [4.78, 5) is 62.2. The highest BCUT2D eigenvalue weighted by Gasteiger charge is 2.35. The highest BCUT2D eigenvalue weighted by Crippen LogP contribution is 2.37. The van der Waals surface area contributed by atoms with Gasteiger partial charge in [0.1, 0.15) is 0 Å². The van der Waals surface area contributed by atoms with Crippen LogP contribution in [0.25, 0.3) is 10.8 Å². The zero-order valence-corrected chi connectivity index (χ0v) is 18.3. The summed E-state index contributed by atoms with van der Waals surface area (Å²) in [5.74, 6) is -3.35. The van der Waals surface area contributed by atoms with Crippen LogP contribution in [0, 0.1) is 10.1 Å². The van der Waals surface area contributed by atoms with Crippen molar-refractivity contribution in [3.05, 3.63) is 111 Å². The van der Waals surface area contributed by atoms with E-state index < -0.39 is 28.6 Å². The second kappa shape index (κ2) is 8.44. The summed E-state index contributed by atoms with van der Waals surface area (Å²) < 4.78 is 0. The number of rotatable bonds is 5. The van der Waals surface area contributed by atoms with Crippen LogP contribution in [0.2, 0.25) is 0 Å². The number of nitrogens with zero attached hydrogens (tertiary/aromatic N) is 2. The molecule has 4 aromatic rings. The van der Waals surface area contributed by atoms with Crippen LogP contribution in [0.15, 0.2) is 78.9 Å². The summed E-state index contributed by atoms with van der Waals surface area (Å²) in [5.41, 5.74) is 0.310. The van der Waals surface area contributed by atoms with Gasteiger partial charge in [0.2, 0.25) is 0 Å². The van der Waals surface area contributed by atoms with Crippen molar-refractivity contribution in [1.82, 2.24) is 0 Å². The van der Waals surface area contributed by atoms with Crippen molar-refractivity contribution in [3.8, 4) is 0 Å². The van der Waals surface area contributed by atoms with Crippen LogP contribution >= 0.6 is 0 Å². The second-order valence-electron chi connectivity index (χ2n) is 7.90. The number of carbonyl (C=O) groups is 4. The lowest BCUT2D eigenvalue weighted by molar-refractivity contribution is -0.383. The fraction of sp³-hybridized carbons (Fsp3) is 0. The van der Waals surface area contributed by atoms with Crippen molar-refractivity contribution in [2.24, 2.45) is 0 Å². The Balaban J connectivity index is 1.47. The highest BCUT2D eigenvalue weighted by atomic mass is 16.6. The van der Waals surface area contributed by atoms with E-state index in [0.717, 1.165) is 4.90 Å². The summed E-state index contributed by atoms with van der Waals surface area (Å²) in [5, 5.41) is 25.6. The first-order valence-electron chi connectivity index (χ1n) is 10.6. The van der Waals surface area contributed by atoms with Crippen LogP contribution < -0.4 is 15.3 Å². The molecule has 10 nitrogen and oxygen atoms in total. The molecule has 3 amide bonds. The van der Waals surface area contributed by atoms with Gasteiger partial charge in [0.25, 0.3) is 23.4 Å². The fourth-order valence-electron chi connectivity index (χ4n) is 4.20. The van der Waals surface area contributed by atoms with E-state index in [1.54, 1.807) is 6.07 Å². The van der Waals surface area contributed by atoms with E-state index in [4.69, 9.17) is 0 Å². The Morgan fingerprint density at radius 1 is 0.806 bits per heavy atom. The zero-order valence-electron chi connectivity index (χ0n) is 18.3. The predicted octanol–water partition coefficient (Wildman–Crippen LogP) is 3.16. The lowest BCUT2D eigenvalue weighted by Crippen LogP contribution is -2.40. The average Bonchev–Trinajstić information content (AvgIpc) is 2.87. The number of amides is 3. The molecule has 1 aliphatic heterocycles. The summed E-state index contributed by atoms with van der Waals surface area (Å²) in [7, 11) is 0. The van der Waals surface area contributed by atoms with Gasteiger partial charge in [-0.3, -0.25) is 24.5 Å². The molecule has 0 atom stereocenters. The van der Waals surface area contributed by atoms with Gasteiger partial charge in [0.05, 0.1) is 27.7 Å². The number of carbonyl (C=O) groups excluding carboxylic acids is 4. The topological polar surface area (TPSA) is 150 Å². The molecule has 176 valence electrons. The molecule has 1 aliphatic rings. The summed E-state index contributed by atoms with van der Waals surface area (Å²) in [6.45, 7) is 0. The molecule has 4 aromatic carbocycles. The smallest absolute Gasteiger partial charge is 0.277 e. The lowest BCUT2D eigenvalue weighted by Gasteiger charge is -2.27. The largest absolute Gasteiger partial charge is 0.545 e. The number of hydrogen-bond acceptors (Lipinski definition) is 7. The SMILES string of the molecule is O=C(Nc1ccccc1C(=O)[O-])c1ccc(N2C(=O)c3cccc4c([N+](=O)[O-])ccc(c34)C2=O)cc1. The normalized spacial score (nSPS) is 12.5. The van der Waals surface area contributed by atoms with Crippen molar-refractivity contribution in [2.75, 3.05) is 10.2 Å². The monoisotopic (exact) mass is 480 g/mol. The number of hydrogen-bond donors (Lipinski definition) is 1. The molecule has 1 heterocycles. The predicted molar refractivity (Wildman–Crippen MR) is 127 cm³/mol. The van der Waals surface area contributed by atoms with Crippen LogP contribution in [0.4, 0.5) is 17.1 Å². The third kappa shape index (κ3) is 3.53. The summed E-state index contributed by atoms with van der Waals surface area (Å²) in [6, 6.07) is 18.4. The molecule has 0 radical (unpaired) electrons. The molecule has 10 heteroatoms. The standard InChI is InChI=1S/C26H15N3O7/c30-23(27-20-7-2-1-4-16(20)26(33)34)14-8-10-15(11-9-14)28-24(31)18-6-3-5-17-21(29(35)36)13-12-19(22(17)18)25(28)32/h1-13H,(H,27,30)(H,33,34)/p-1. The third-order valence-electron chi connectivity index (χ3n) is 5.86. The van der Waals surface area contributed by atoms with Gasteiger partial charge in [-0.1, -0.05) is 24.3 Å². The molecule has 1 N–H and O–H groups in total. The number of anilines is 2. The van der Waals surface area contributed by atoms with Gasteiger partial charge in [-0.15, -0.1) is 0 Å². The van der Waals surface area contributed by atoms with Crippen LogP contribution in [-0.4, -0.2) is 28.6 Å². The van der Waals surface area contributed by atoms with Gasteiger partial charge in [0, 0.05) is 33.7 Å². The Bertz CT molecular complexity index is 1600. The van der Waals surface area contributed by atoms with Crippen molar-refractivity contribution in [1.29, 1.82) is 0 Å². The molecular formula is C26H14N3O7-. The molecule has 0 fully saturated rings. The molecule has 0 unspecified atom stereocenters. The van der Waals surface area contributed by atoms with Crippen molar-refractivity contribution in [2.45, 2.75) is 0 Å². The maximum absolute atomic E-state index is 13.3. The Kier molecular flexibility index (Phi) is 5.25. The van der Waals surface area contributed by atoms with Crippen molar-refractivity contribution < 1.29 is 29.2 Å². The Labute approximate surface area is 202 Å². The van der Waals surface area contributed by atoms with Gasteiger partial charge in [-0.05, 0) is 48.5 Å². The number of carboxylic acid groups (broad SMARTS) is 1. The van der Waals surface area contributed by atoms with Crippen LogP contribution in [-0.2, 0) is 0 Å². The number of imide groups is 1. The minimum absolute atomic E-state index is 0.0618. The van der Waals surface area contributed by atoms with Crippen molar-refractivity contribution in [3.63, 3.8) is 0 Å². The van der Waals surface area contributed by atoms with Crippen LogP contribution in [0.1, 0.15) is 41.4 Å². The first kappa shape index (κ1) is 22.4. The number of benzene rings is 4. The number of non-ortho nitro benzene ring substituents is 1. The molecule has 0 saturated heterocycles. The third-order valence-corrected chi connectivity index (χ3v) is 5.86. The lowest BCUT2D eigenvalue weighted by atomic mass is 9.92. The van der Waals surface area contributed by atoms with E-state index in [-0.39, 0.29) is 50.1 Å². The number of aromatic carboxylic acids is 1. The first-order chi connectivity index (χ1) is 17.3. The number of nitrogens with one attached hydrogen (secondary N) is 1. The summed E-state index contributed by atoms with van der Waals surface area (Å²) >= 11 is 0. The first-order valence-corrected chi connectivity index (χ1v) is 10.6. The molecule has 5 rings (SSSR count). The van der Waals surface area contributed by atoms with Gasteiger partial charge in [-0.25, -0.2) is 4.90 Å². The fourth-order valence-corrected chi connectivity index (χ4v) is 4.20. The molecular weight excluding hydrogens is 466 g/mol. The maximum Gasteiger partial charge on any atom is 0.277 e. The van der Waals surface area contributed by atoms with E-state index in [1.807, 2.05) is 0 Å². The van der Waals surface area contributed by atoms with Gasteiger partial charge < -0.3 is 15.2 Å². The molecule has 0 bridgehead atoms. The Morgan fingerprint density at radius 3 is 2.14 bits per heavy atom. The zero-order chi connectivity index (χ0) is 25.6. The molecule has 0 aliphatic carbocycles. The van der Waals surface area contributed by atoms with E-state index in [1.165, 1.54) is 72.8 Å². The molecule has 0 spiro atoms. The molecule has 0 saturated carbocycles. The van der Waals surface area contributed by atoms with E-state index in [2.05, 4.69) is 5.32 Å². The van der Waals surface area contributed by atoms with Gasteiger partial charge in [0.15, 0.2) is 0 Å². The van der Waals surface area contributed by atoms with E-state index in [0.29, 0.717) is 0 Å². The minimum atomic E-state index is -1.44.